The van der Waals surface area contributed by atoms with Gasteiger partial charge in [0.1, 0.15) is 4.90 Å². The van der Waals surface area contributed by atoms with E-state index in [1.54, 1.807) is 18.3 Å². The SMILES string of the molecule is CCCNCCNS(=O)(=O)c1cccc2cc(C)cnc12. The van der Waals surface area contributed by atoms with Crippen LogP contribution in [0.5, 0.6) is 0 Å². The molecule has 6 heteroatoms. The fraction of sp³-hybridized carbons (Fsp3) is 0.400. The lowest BCUT2D eigenvalue weighted by atomic mass is 10.2. The molecule has 1 aromatic heterocycles. The van der Waals surface area contributed by atoms with Gasteiger partial charge in [-0.3, -0.25) is 4.98 Å². The van der Waals surface area contributed by atoms with Gasteiger partial charge in [0.05, 0.1) is 5.52 Å². The number of hydrogen-bond acceptors (Lipinski definition) is 4. The van der Waals surface area contributed by atoms with E-state index in [1.807, 2.05) is 19.1 Å². The zero-order valence-electron chi connectivity index (χ0n) is 12.4. The molecule has 0 atom stereocenters. The molecular formula is C15H21N3O2S. The maximum Gasteiger partial charge on any atom is 0.242 e. The summed E-state index contributed by atoms with van der Waals surface area (Å²) in [7, 11) is -3.54. The smallest absolute Gasteiger partial charge is 0.242 e. The molecule has 114 valence electrons. The van der Waals surface area contributed by atoms with E-state index in [-0.39, 0.29) is 4.90 Å². The quantitative estimate of drug-likeness (QED) is 0.766. The van der Waals surface area contributed by atoms with Crippen LogP contribution in [0.15, 0.2) is 35.4 Å². The van der Waals surface area contributed by atoms with E-state index in [4.69, 9.17) is 0 Å². The molecule has 0 unspecified atom stereocenters. The summed E-state index contributed by atoms with van der Waals surface area (Å²) in [6.45, 7) is 5.87. The van der Waals surface area contributed by atoms with Gasteiger partial charge in [-0.25, -0.2) is 13.1 Å². The molecule has 2 aromatic rings. The van der Waals surface area contributed by atoms with Crippen LogP contribution in [-0.4, -0.2) is 33.0 Å². The van der Waals surface area contributed by atoms with Gasteiger partial charge in [0.2, 0.25) is 10.0 Å². The van der Waals surface area contributed by atoms with Crippen LogP contribution in [0.2, 0.25) is 0 Å². The zero-order valence-corrected chi connectivity index (χ0v) is 13.2. The number of nitrogens with zero attached hydrogens (tertiary/aromatic N) is 1. The average Bonchev–Trinajstić information content (AvgIpc) is 2.46. The average molecular weight is 307 g/mol. The molecule has 0 bridgehead atoms. The second-order valence-corrected chi connectivity index (χ2v) is 6.72. The van der Waals surface area contributed by atoms with Gasteiger partial charge in [-0.05, 0) is 37.6 Å². The summed E-state index contributed by atoms with van der Waals surface area (Å²) in [4.78, 5) is 4.50. The zero-order chi connectivity index (χ0) is 15.3. The lowest BCUT2D eigenvalue weighted by Gasteiger charge is -2.09. The Balaban J connectivity index is 2.20. The highest BCUT2D eigenvalue weighted by molar-refractivity contribution is 7.89. The third kappa shape index (κ3) is 4.00. The van der Waals surface area contributed by atoms with Crippen molar-refractivity contribution < 1.29 is 8.42 Å². The molecule has 0 saturated carbocycles. The summed E-state index contributed by atoms with van der Waals surface area (Å²) in [6.07, 6.45) is 2.71. The number of pyridine rings is 1. The van der Waals surface area contributed by atoms with Crippen molar-refractivity contribution in [2.24, 2.45) is 0 Å². The van der Waals surface area contributed by atoms with Gasteiger partial charge in [0.15, 0.2) is 0 Å². The molecule has 0 spiro atoms. The van der Waals surface area contributed by atoms with E-state index in [0.717, 1.165) is 23.9 Å². The van der Waals surface area contributed by atoms with Crippen LogP contribution in [-0.2, 0) is 10.0 Å². The fourth-order valence-corrected chi connectivity index (χ4v) is 3.32. The van der Waals surface area contributed by atoms with Gasteiger partial charge in [-0.1, -0.05) is 19.1 Å². The molecular weight excluding hydrogens is 286 g/mol. The second kappa shape index (κ2) is 6.98. The summed E-state index contributed by atoms with van der Waals surface area (Å²) >= 11 is 0. The van der Waals surface area contributed by atoms with E-state index in [0.29, 0.717) is 18.6 Å². The molecule has 1 aromatic carbocycles. The number of para-hydroxylation sites is 1. The Bertz CT molecular complexity index is 714. The van der Waals surface area contributed by atoms with Crippen LogP contribution in [0, 0.1) is 6.92 Å². The van der Waals surface area contributed by atoms with Crippen molar-refractivity contribution in [3.63, 3.8) is 0 Å². The number of sulfonamides is 1. The van der Waals surface area contributed by atoms with Gasteiger partial charge in [-0.2, -0.15) is 0 Å². The Morgan fingerprint density at radius 2 is 2.00 bits per heavy atom. The monoisotopic (exact) mass is 307 g/mol. The van der Waals surface area contributed by atoms with Crippen molar-refractivity contribution in [1.82, 2.24) is 15.0 Å². The van der Waals surface area contributed by atoms with Gasteiger partial charge >= 0.3 is 0 Å². The first-order valence-electron chi connectivity index (χ1n) is 7.10. The molecule has 0 aliphatic heterocycles. The Labute approximate surface area is 125 Å². The molecule has 0 aliphatic rings. The molecule has 5 nitrogen and oxygen atoms in total. The molecule has 2 rings (SSSR count). The Hall–Kier alpha value is -1.50. The first-order chi connectivity index (χ1) is 10.0. The summed E-state index contributed by atoms with van der Waals surface area (Å²) < 4.78 is 27.4. The van der Waals surface area contributed by atoms with Gasteiger partial charge in [0.25, 0.3) is 0 Å². The summed E-state index contributed by atoms with van der Waals surface area (Å²) in [5.74, 6) is 0. The summed E-state index contributed by atoms with van der Waals surface area (Å²) in [5, 5.41) is 4.00. The van der Waals surface area contributed by atoms with Crippen LogP contribution in [0.3, 0.4) is 0 Å². The van der Waals surface area contributed by atoms with Crippen LogP contribution in [0.25, 0.3) is 10.9 Å². The van der Waals surface area contributed by atoms with Crippen LogP contribution >= 0.6 is 0 Å². The van der Waals surface area contributed by atoms with Crippen LogP contribution in [0.4, 0.5) is 0 Å². The largest absolute Gasteiger partial charge is 0.315 e. The Morgan fingerprint density at radius 3 is 2.76 bits per heavy atom. The molecule has 0 amide bonds. The summed E-state index contributed by atoms with van der Waals surface area (Å²) in [5.41, 5.74) is 1.52. The van der Waals surface area contributed by atoms with E-state index < -0.39 is 10.0 Å². The number of rotatable bonds is 7. The van der Waals surface area contributed by atoms with Crippen LogP contribution < -0.4 is 10.0 Å². The highest BCUT2D eigenvalue weighted by Gasteiger charge is 2.17. The minimum absolute atomic E-state index is 0.232. The number of fused-ring (bicyclic) bond motifs is 1. The standard InChI is InChI=1S/C15H21N3O2S/c1-3-7-16-8-9-18-21(19,20)14-6-4-5-13-10-12(2)11-17-15(13)14/h4-6,10-11,16,18H,3,7-9H2,1-2H3. The normalized spacial score (nSPS) is 11.9. The number of benzene rings is 1. The number of hydrogen-bond donors (Lipinski definition) is 2. The predicted molar refractivity (Wildman–Crippen MR) is 84.8 cm³/mol. The molecule has 1 heterocycles. The number of aryl methyl sites for hydroxylation is 1. The van der Waals surface area contributed by atoms with Crippen molar-refractivity contribution in [2.45, 2.75) is 25.2 Å². The minimum atomic E-state index is -3.54. The third-order valence-electron chi connectivity index (χ3n) is 3.12. The van der Waals surface area contributed by atoms with Crippen molar-refractivity contribution in [3.05, 3.63) is 36.0 Å². The molecule has 2 N–H and O–H groups in total. The summed E-state index contributed by atoms with van der Waals surface area (Å²) in [6, 6.07) is 7.14. The highest BCUT2D eigenvalue weighted by Crippen LogP contribution is 2.21. The first-order valence-corrected chi connectivity index (χ1v) is 8.58. The van der Waals surface area contributed by atoms with Gasteiger partial charge < -0.3 is 5.32 Å². The van der Waals surface area contributed by atoms with Gasteiger partial charge in [0, 0.05) is 24.7 Å². The first kappa shape index (κ1) is 15.9. The van der Waals surface area contributed by atoms with Crippen molar-refractivity contribution >= 4 is 20.9 Å². The van der Waals surface area contributed by atoms with Crippen molar-refractivity contribution in [1.29, 1.82) is 0 Å². The molecule has 21 heavy (non-hydrogen) atoms. The van der Waals surface area contributed by atoms with Crippen molar-refractivity contribution in [2.75, 3.05) is 19.6 Å². The number of nitrogens with one attached hydrogen (secondary N) is 2. The number of aromatic nitrogens is 1. The highest BCUT2D eigenvalue weighted by atomic mass is 32.2. The minimum Gasteiger partial charge on any atom is -0.315 e. The Kier molecular flexibility index (Phi) is 5.27. The molecule has 0 aliphatic carbocycles. The predicted octanol–water partition coefficient (Wildman–Crippen LogP) is 1.82. The third-order valence-corrected chi connectivity index (χ3v) is 4.61. The lowest BCUT2D eigenvalue weighted by molar-refractivity contribution is 0.576. The molecule has 0 radical (unpaired) electrons. The van der Waals surface area contributed by atoms with Crippen LogP contribution in [0.1, 0.15) is 18.9 Å². The Morgan fingerprint density at radius 1 is 1.19 bits per heavy atom. The van der Waals surface area contributed by atoms with E-state index >= 15 is 0 Å². The molecule has 0 saturated heterocycles. The van der Waals surface area contributed by atoms with E-state index in [2.05, 4.69) is 21.9 Å². The lowest BCUT2D eigenvalue weighted by Crippen LogP contribution is -2.32. The maximum absolute atomic E-state index is 12.4. The second-order valence-electron chi connectivity index (χ2n) is 4.99. The fourth-order valence-electron chi connectivity index (χ4n) is 2.11. The topological polar surface area (TPSA) is 71.1 Å². The van der Waals surface area contributed by atoms with E-state index in [9.17, 15) is 8.42 Å². The van der Waals surface area contributed by atoms with E-state index in [1.165, 1.54) is 0 Å². The molecule has 0 fully saturated rings. The van der Waals surface area contributed by atoms with Crippen molar-refractivity contribution in [3.8, 4) is 0 Å². The van der Waals surface area contributed by atoms with Gasteiger partial charge in [-0.15, -0.1) is 0 Å². The maximum atomic E-state index is 12.4.